The second-order valence-corrected chi connectivity index (χ2v) is 17.4. The Morgan fingerprint density at radius 3 is 1.89 bits per heavy atom. The summed E-state index contributed by atoms with van der Waals surface area (Å²) >= 11 is 0. The van der Waals surface area contributed by atoms with Crippen molar-refractivity contribution in [3.63, 3.8) is 0 Å². The van der Waals surface area contributed by atoms with Gasteiger partial charge in [-0.25, -0.2) is 0 Å². The molecule has 1 aliphatic rings. The minimum absolute atomic E-state index is 1.23. The van der Waals surface area contributed by atoms with Crippen molar-refractivity contribution in [2.75, 3.05) is 0 Å². The quantitative estimate of drug-likeness (QED) is 0.505. The van der Waals surface area contributed by atoms with E-state index in [4.69, 9.17) is 0 Å². The van der Waals surface area contributed by atoms with Gasteiger partial charge in [0.05, 0.1) is 0 Å². The summed E-state index contributed by atoms with van der Waals surface area (Å²) in [4.78, 5) is 1.82. The summed E-state index contributed by atoms with van der Waals surface area (Å²) < 4.78 is 0. The Hall–Kier alpha value is -1.65. The fourth-order valence-electron chi connectivity index (χ4n) is 4.96. The summed E-state index contributed by atoms with van der Waals surface area (Å²) in [5.74, 6) is 0. The van der Waals surface area contributed by atoms with Crippen molar-refractivity contribution in [3.8, 4) is 0 Å². The second-order valence-electron chi connectivity index (χ2n) is 8.54. The first-order valence-electron chi connectivity index (χ1n) is 10.5. The average Bonchev–Trinajstić information content (AvgIpc) is 2.98. The van der Waals surface area contributed by atoms with E-state index in [9.17, 15) is 0 Å². The average molecular weight is 391 g/mol. The molecule has 0 fully saturated rings. The molecule has 1 unspecified atom stereocenters. The van der Waals surface area contributed by atoms with E-state index in [0.29, 0.717) is 0 Å². The Morgan fingerprint density at radius 2 is 1.33 bits per heavy atom. The molecule has 0 aromatic heterocycles. The molecule has 1 heterocycles. The van der Waals surface area contributed by atoms with Gasteiger partial charge in [-0.1, -0.05) is 139 Å². The third-order valence-electron chi connectivity index (χ3n) is 6.39. The predicted octanol–water partition coefficient (Wildman–Crippen LogP) is 6.04. The standard InChI is InChI=1S/C25H34Si2/c1-6-14-21-20-25(26(3,4)22-16-10-8-11-17-22)27(5,24(21)15-7-2)23-18-12-9-13-19-23/h8-13,16-20H,6-7,14-15H2,1-5H3. The van der Waals surface area contributed by atoms with E-state index in [0.717, 1.165) is 0 Å². The van der Waals surface area contributed by atoms with Crippen molar-refractivity contribution >= 4 is 26.5 Å². The molecular weight excluding hydrogens is 356 g/mol. The summed E-state index contributed by atoms with van der Waals surface area (Å²) in [5, 5.41) is 4.98. The molecule has 0 saturated carbocycles. The van der Waals surface area contributed by atoms with Crippen molar-refractivity contribution in [1.82, 2.24) is 0 Å². The Labute approximate surface area is 168 Å². The van der Waals surface area contributed by atoms with E-state index in [1.807, 2.05) is 10.0 Å². The fourth-order valence-corrected chi connectivity index (χ4v) is 17.0. The van der Waals surface area contributed by atoms with Gasteiger partial charge in [-0.05, 0) is 12.8 Å². The van der Waals surface area contributed by atoms with Gasteiger partial charge in [0.15, 0.2) is 0 Å². The van der Waals surface area contributed by atoms with Crippen LogP contribution in [-0.2, 0) is 0 Å². The number of rotatable bonds is 7. The van der Waals surface area contributed by atoms with Crippen LogP contribution < -0.4 is 10.4 Å². The molecule has 0 nitrogen and oxygen atoms in total. The van der Waals surface area contributed by atoms with Gasteiger partial charge in [-0.15, -0.1) is 0 Å². The normalized spacial score (nSPS) is 20.1. The highest BCUT2D eigenvalue weighted by Gasteiger charge is 2.48. The number of allylic oxidation sites excluding steroid dienone is 3. The fraction of sp³-hybridized carbons (Fsp3) is 0.360. The van der Waals surface area contributed by atoms with E-state index in [1.54, 1.807) is 15.9 Å². The van der Waals surface area contributed by atoms with E-state index in [-0.39, 0.29) is 0 Å². The first kappa shape index (κ1) is 20.1. The van der Waals surface area contributed by atoms with Crippen molar-refractivity contribution in [3.05, 3.63) is 82.3 Å². The van der Waals surface area contributed by atoms with Gasteiger partial charge in [-0.3, -0.25) is 0 Å². The molecule has 142 valence electrons. The van der Waals surface area contributed by atoms with Crippen LogP contribution in [-0.4, -0.2) is 16.1 Å². The molecule has 0 radical (unpaired) electrons. The molecule has 0 N–H and O–H groups in total. The van der Waals surface area contributed by atoms with Gasteiger partial charge < -0.3 is 0 Å². The van der Waals surface area contributed by atoms with Crippen LogP contribution in [0.4, 0.5) is 0 Å². The van der Waals surface area contributed by atoms with E-state index < -0.39 is 16.1 Å². The highest BCUT2D eigenvalue weighted by molar-refractivity contribution is 7.19. The van der Waals surface area contributed by atoms with Gasteiger partial charge in [0, 0.05) is 0 Å². The second kappa shape index (κ2) is 8.16. The lowest BCUT2D eigenvalue weighted by molar-refractivity contribution is 0.883. The zero-order chi connectivity index (χ0) is 19.5. The minimum atomic E-state index is -1.86. The number of hydrogen-bond donors (Lipinski definition) is 0. The van der Waals surface area contributed by atoms with Gasteiger partial charge in [0.2, 0.25) is 0 Å². The van der Waals surface area contributed by atoms with Crippen LogP contribution in [0.5, 0.6) is 0 Å². The smallest absolute Gasteiger partial charge is 0.0774 e. The SMILES string of the molecule is CCCC1=C(CCC)[Si](C)(c2ccccc2)C([Si](C)(C)c2ccccc2)=C1. The summed E-state index contributed by atoms with van der Waals surface area (Å²) in [5.41, 5.74) is 1.67. The summed E-state index contributed by atoms with van der Waals surface area (Å²) in [6.45, 7) is 12.4. The lowest BCUT2D eigenvalue weighted by atomic mass is 10.1. The van der Waals surface area contributed by atoms with E-state index in [2.05, 4.69) is 100 Å². The zero-order valence-electron chi connectivity index (χ0n) is 17.7. The van der Waals surface area contributed by atoms with Crippen LogP contribution in [0.15, 0.2) is 82.3 Å². The third-order valence-corrected chi connectivity index (χ3v) is 17.5. The third kappa shape index (κ3) is 3.57. The maximum atomic E-state index is 2.67. The van der Waals surface area contributed by atoms with Crippen LogP contribution in [0, 0.1) is 0 Å². The Bertz CT molecular complexity index is 831. The van der Waals surface area contributed by atoms with Crippen molar-refractivity contribution in [1.29, 1.82) is 0 Å². The molecule has 1 atom stereocenters. The highest BCUT2D eigenvalue weighted by Crippen LogP contribution is 2.42. The van der Waals surface area contributed by atoms with Gasteiger partial charge in [0.1, 0.15) is 16.1 Å². The predicted molar refractivity (Wildman–Crippen MR) is 126 cm³/mol. The van der Waals surface area contributed by atoms with Crippen molar-refractivity contribution < 1.29 is 0 Å². The monoisotopic (exact) mass is 390 g/mol. The first-order chi connectivity index (χ1) is 13.0. The molecule has 0 bridgehead atoms. The lowest BCUT2D eigenvalue weighted by Gasteiger charge is -2.38. The summed E-state index contributed by atoms with van der Waals surface area (Å²) in [6.07, 6.45) is 7.64. The van der Waals surface area contributed by atoms with Gasteiger partial charge >= 0.3 is 0 Å². The highest BCUT2D eigenvalue weighted by atomic mass is 28.4. The molecule has 2 aromatic carbocycles. The van der Waals surface area contributed by atoms with Gasteiger partial charge in [0.25, 0.3) is 0 Å². The topological polar surface area (TPSA) is 0 Å². The molecule has 0 spiro atoms. The summed E-state index contributed by atoms with van der Waals surface area (Å²) in [7, 11) is -3.58. The van der Waals surface area contributed by atoms with Crippen LogP contribution in [0.3, 0.4) is 0 Å². The Kier molecular flexibility index (Phi) is 6.07. The minimum Gasteiger partial charge on any atom is -0.0774 e. The molecule has 2 aromatic rings. The number of hydrogen-bond acceptors (Lipinski definition) is 0. The molecular formula is C25H34Si2. The van der Waals surface area contributed by atoms with Crippen LogP contribution in [0.1, 0.15) is 39.5 Å². The lowest BCUT2D eigenvalue weighted by Crippen LogP contribution is -2.59. The van der Waals surface area contributed by atoms with Crippen LogP contribution >= 0.6 is 0 Å². The molecule has 3 rings (SSSR count). The maximum absolute atomic E-state index is 2.67. The van der Waals surface area contributed by atoms with E-state index >= 15 is 0 Å². The molecule has 0 saturated heterocycles. The Balaban J connectivity index is 2.21. The molecule has 1 aliphatic heterocycles. The first-order valence-corrected chi connectivity index (χ1v) is 16.0. The van der Waals surface area contributed by atoms with Crippen LogP contribution in [0.2, 0.25) is 19.6 Å². The van der Waals surface area contributed by atoms with E-state index in [1.165, 1.54) is 25.7 Å². The van der Waals surface area contributed by atoms with Crippen molar-refractivity contribution in [2.24, 2.45) is 0 Å². The van der Waals surface area contributed by atoms with Crippen molar-refractivity contribution in [2.45, 2.75) is 59.2 Å². The summed E-state index contributed by atoms with van der Waals surface area (Å²) in [6, 6.07) is 22.8. The Morgan fingerprint density at radius 1 is 0.778 bits per heavy atom. The van der Waals surface area contributed by atoms with Crippen LogP contribution in [0.25, 0.3) is 0 Å². The van der Waals surface area contributed by atoms with Gasteiger partial charge in [-0.2, -0.15) is 0 Å². The molecule has 0 aliphatic carbocycles. The zero-order valence-corrected chi connectivity index (χ0v) is 19.7. The molecule has 0 amide bonds. The number of benzene rings is 2. The molecule has 2 heteroatoms. The molecule has 27 heavy (non-hydrogen) atoms. The largest absolute Gasteiger partial charge is 0.134 e. The maximum Gasteiger partial charge on any atom is 0.134 e.